The van der Waals surface area contributed by atoms with E-state index in [0.29, 0.717) is 0 Å². The zero-order valence-corrected chi connectivity index (χ0v) is 18.0. The SMILES string of the molecule is CO[C@H]1[C@@H](OP(=O)(S)C(C)C)[C@@H](CNP(=O)(O)O)O[C@H]1n1ccc(=O)[nH]c1=O. The monoisotopic (exact) mass is 459 g/mol. The molecule has 0 aliphatic carbocycles. The third-order valence-corrected chi connectivity index (χ3v) is 8.22. The predicted octanol–water partition coefficient (Wildman–Crippen LogP) is 0.0478. The normalized spacial score (nSPS) is 27.8. The highest BCUT2D eigenvalue weighted by molar-refractivity contribution is 8.46. The van der Waals surface area contributed by atoms with E-state index in [1.807, 2.05) is 5.09 Å². The number of ether oxygens (including phenoxy) is 2. The summed E-state index contributed by atoms with van der Waals surface area (Å²) in [6, 6.07) is 1.10. The molecular formula is C13H23N3O9P2S. The lowest BCUT2D eigenvalue weighted by Crippen LogP contribution is -2.41. The van der Waals surface area contributed by atoms with Gasteiger partial charge in [-0.15, -0.1) is 0 Å². The first-order valence-electron chi connectivity index (χ1n) is 8.17. The van der Waals surface area contributed by atoms with Crippen LogP contribution >= 0.6 is 26.6 Å². The van der Waals surface area contributed by atoms with Crippen LogP contribution in [0.5, 0.6) is 0 Å². The van der Waals surface area contributed by atoms with Crippen molar-refractivity contribution in [2.24, 2.45) is 0 Å². The summed E-state index contributed by atoms with van der Waals surface area (Å²) in [6.07, 6.45) is -3.01. The van der Waals surface area contributed by atoms with Crippen molar-refractivity contribution in [3.8, 4) is 0 Å². The first kappa shape index (κ1) is 23.5. The van der Waals surface area contributed by atoms with Crippen LogP contribution in [-0.4, -0.2) is 57.0 Å². The molecule has 1 fully saturated rings. The highest BCUT2D eigenvalue weighted by Gasteiger charge is 2.50. The zero-order valence-electron chi connectivity index (χ0n) is 15.3. The van der Waals surface area contributed by atoms with Gasteiger partial charge in [-0.1, -0.05) is 26.1 Å². The van der Waals surface area contributed by atoms with E-state index in [2.05, 4.69) is 17.2 Å². The number of hydrogen-bond donors (Lipinski definition) is 5. The highest BCUT2D eigenvalue weighted by Crippen LogP contribution is 2.59. The van der Waals surface area contributed by atoms with E-state index in [-0.39, 0.29) is 6.54 Å². The Balaban J connectivity index is 2.41. The third-order valence-electron chi connectivity index (χ3n) is 4.11. The summed E-state index contributed by atoms with van der Waals surface area (Å²) in [4.78, 5) is 43.7. The smallest absolute Gasteiger partial charge is 0.374 e. The molecule has 2 heterocycles. The number of rotatable bonds is 8. The van der Waals surface area contributed by atoms with Crippen molar-refractivity contribution in [2.75, 3.05) is 13.7 Å². The van der Waals surface area contributed by atoms with E-state index in [1.54, 1.807) is 13.8 Å². The van der Waals surface area contributed by atoms with Crippen LogP contribution in [0.15, 0.2) is 21.9 Å². The van der Waals surface area contributed by atoms with Gasteiger partial charge < -0.3 is 23.8 Å². The molecule has 1 aliphatic rings. The summed E-state index contributed by atoms with van der Waals surface area (Å²) >= 11 is 4.08. The molecule has 28 heavy (non-hydrogen) atoms. The summed E-state index contributed by atoms with van der Waals surface area (Å²) in [6.45, 7) is -0.542. The molecule has 2 rings (SSSR count). The highest BCUT2D eigenvalue weighted by atomic mass is 32.7. The van der Waals surface area contributed by atoms with Gasteiger partial charge in [-0.2, -0.15) is 0 Å². The fraction of sp³-hybridized carbons (Fsp3) is 0.692. The van der Waals surface area contributed by atoms with Gasteiger partial charge in [0.15, 0.2) is 6.23 Å². The Bertz CT molecular complexity index is 898. The quantitative estimate of drug-likeness (QED) is 0.264. The van der Waals surface area contributed by atoms with Crippen molar-refractivity contribution < 1.29 is 32.9 Å². The molecule has 0 radical (unpaired) electrons. The Labute approximate surface area is 165 Å². The Morgan fingerprint density at radius 1 is 1.36 bits per heavy atom. The van der Waals surface area contributed by atoms with E-state index in [0.717, 1.165) is 10.6 Å². The number of aromatic amines is 1. The van der Waals surface area contributed by atoms with Crippen LogP contribution in [0.2, 0.25) is 0 Å². The van der Waals surface area contributed by atoms with Crippen LogP contribution in [0.4, 0.5) is 0 Å². The lowest BCUT2D eigenvalue weighted by atomic mass is 10.1. The predicted molar refractivity (Wildman–Crippen MR) is 103 cm³/mol. The van der Waals surface area contributed by atoms with Crippen LogP contribution in [0, 0.1) is 0 Å². The number of methoxy groups -OCH3 is 1. The second-order valence-corrected chi connectivity index (χ2v) is 11.9. The standard InChI is InChI=1S/C13H23N3O9P2S/c1-7(2)26(19,28)25-10-8(6-14-27(20,21)22)24-12(11(10)23-3)16-5-4-9(17)15-13(16)18/h4-5,7-8,10-12H,6H2,1-3H3,(H,19,28)(H,15,17,18)(H3,14,20,21,22)/t8-,10+,11+,12-,26?/m1/s1. The summed E-state index contributed by atoms with van der Waals surface area (Å²) in [7, 11) is -3.27. The van der Waals surface area contributed by atoms with Crippen LogP contribution in [0.3, 0.4) is 0 Å². The van der Waals surface area contributed by atoms with Crippen molar-refractivity contribution in [1.29, 1.82) is 0 Å². The molecule has 0 bridgehead atoms. The van der Waals surface area contributed by atoms with Gasteiger partial charge in [-0.3, -0.25) is 18.9 Å². The molecule has 0 aromatic carbocycles. The van der Waals surface area contributed by atoms with Gasteiger partial charge in [-0.25, -0.2) is 14.4 Å². The number of hydrogen-bond acceptors (Lipinski definition) is 7. The Morgan fingerprint density at radius 2 is 2.00 bits per heavy atom. The topological polar surface area (TPSA) is 169 Å². The zero-order chi connectivity index (χ0) is 21.3. The molecule has 0 amide bonds. The molecule has 0 spiro atoms. The van der Waals surface area contributed by atoms with Gasteiger partial charge in [0.2, 0.25) is 0 Å². The van der Waals surface area contributed by atoms with E-state index in [1.165, 1.54) is 13.3 Å². The van der Waals surface area contributed by atoms with Crippen LogP contribution in [0.25, 0.3) is 0 Å². The average Bonchev–Trinajstić information content (AvgIpc) is 2.88. The second kappa shape index (κ2) is 8.95. The average molecular weight is 459 g/mol. The number of nitrogens with zero attached hydrogens (tertiary/aromatic N) is 1. The van der Waals surface area contributed by atoms with Gasteiger partial charge in [0.05, 0.1) is 0 Å². The van der Waals surface area contributed by atoms with E-state index < -0.39 is 55.8 Å². The number of H-pyrrole nitrogens is 1. The molecular weight excluding hydrogens is 436 g/mol. The molecule has 1 unspecified atom stereocenters. The maximum absolute atomic E-state index is 12.7. The minimum Gasteiger partial charge on any atom is -0.374 e. The maximum Gasteiger partial charge on any atom is 0.400 e. The fourth-order valence-corrected chi connectivity index (χ4v) is 4.20. The molecule has 4 N–H and O–H groups in total. The molecule has 12 nitrogen and oxygen atoms in total. The largest absolute Gasteiger partial charge is 0.400 e. The van der Waals surface area contributed by atoms with Crippen molar-refractivity contribution >= 4 is 26.6 Å². The minimum absolute atomic E-state index is 0.380. The summed E-state index contributed by atoms with van der Waals surface area (Å²) < 4.78 is 41.7. The van der Waals surface area contributed by atoms with Gasteiger partial charge >= 0.3 is 13.4 Å². The lowest BCUT2D eigenvalue weighted by molar-refractivity contribution is -0.0524. The van der Waals surface area contributed by atoms with Crippen molar-refractivity contribution in [1.82, 2.24) is 14.6 Å². The minimum atomic E-state index is -4.58. The van der Waals surface area contributed by atoms with Crippen LogP contribution < -0.4 is 16.3 Å². The first-order valence-corrected chi connectivity index (χ1v) is 12.6. The van der Waals surface area contributed by atoms with E-state index >= 15 is 0 Å². The number of nitrogens with one attached hydrogen (secondary N) is 2. The molecule has 15 heteroatoms. The first-order chi connectivity index (χ1) is 12.9. The fourth-order valence-electron chi connectivity index (χ4n) is 2.61. The van der Waals surface area contributed by atoms with Gasteiger partial charge in [0.1, 0.15) is 18.3 Å². The van der Waals surface area contributed by atoms with Gasteiger partial charge in [0, 0.05) is 31.6 Å². The van der Waals surface area contributed by atoms with Crippen molar-refractivity contribution in [2.45, 2.75) is 44.0 Å². The summed E-state index contributed by atoms with van der Waals surface area (Å²) in [5.41, 5.74) is -1.85. The molecule has 160 valence electrons. The van der Waals surface area contributed by atoms with E-state index in [9.17, 15) is 18.7 Å². The molecule has 5 atom stereocenters. The van der Waals surface area contributed by atoms with Crippen LogP contribution in [0.1, 0.15) is 20.1 Å². The molecule has 1 aromatic rings. The molecule has 1 aromatic heterocycles. The summed E-state index contributed by atoms with van der Waals surface area (Å²) in [5, 5.41) is 2.00. The Kier molecular flexibility index (Phi) is 7.52. The van der Waals surface area contributed by atoms with Crippen molar-refractivity contribution in [3.05, 3.63) is 33.1 Å². The number of aromatic nitrogens is 2. The van der Waals surface area contributed by atoms with Gasteiger partial charge in [0.25, 0.3) is 12.1 Å². The van der Waals surface area contributed by atoms with Gasteiger partial charge in [-0.05, 0) is 0 Å². The second-order valence-electron chi connectivity index (χ2n) is 6.42. The Hall–Kier alpha value is -0.750. The van der Waals surface area contributed by atoms with E-state index in [4.69, 9.17) is 23.8 Å². The molecule has 1 aliphatic heterocycles. The van der Waals surface area contributed by atoms with Crippen molar-refractivity contribution in [3.63, 3.8) is 0 Å². The molecule has 0 saturated carbocycles. The lowest BCUT2D eigenvalue weighted by Gasteiger charge is -2.27. The molecule has 1 saturated heterocycles. The summed E-state index contributed by atoms with van der Waals surface area (Å²) in [5.74, 6) is 0. The third kappa shape index (κ3) is 5.65. The number of thiol groups is 1. The van der Waals surface area contributed by atoms with Crippen LogP contribution in [-0.2, 0) is 23.1 Å². The maximum atomic E-state index is 12.7. The Morgan fingerprint density at radius 3 is 2.50 bits per heavy atom.